The van der Waals surface area contributed by atoms with E-state index >= 15 is 0 Å². The number of rotatable bonds is 9. The van der Waals surface area contributed by atoms with Gasteiger partial charge in [-0.25, -0.2) is 9.49 Å². The van der Waals surface area contributed by atoms with Crippen LogP contribution in [0.1, 0.15) is 29.5 Å². The fourth-order valence-corrected chi connectivity index (χ4v) is 3.84. The minimum absolute atomic E-state index is 0. The molecule has 1 N–H and O–H groups in total. The van der Waals surface area contributed by atoms with Crippen molar-refractivity contribution in [3.63, 3.8) is 0 Å². The van der Waals surface area contributed by atoms with Gasteiger partial charge in [0.05, 0.1) is 12.0 Å². The summed E-state index contributed by atoms with van der Waals surface area (Å²) in [5.41, 5.74) is 3.17. The summed E-state index contributed by atoms with van der Waals surface area (Å²) in [6, 6.07) is 21.2. The van der Waals surface area contributed by atoms with Crippen molar-refractivity contribution in [2.75, 3.05) is 6.61 Å². The molecule has 2 heterocycles. The number of aryl methyl sites for hydroxylation is 1. The summed E-state index contributed by atoms with van der Waals surface area (Å²) in [6.45, 7) is 0.620. The topological polar surface area (TPSA) is 93.9 Å². The van der Waals surface area contributed by atoms with Gasteiger partial charge in [-0.3, -0.25) is 4.79 Å². The first-order valence-corrected chi connectivity index (χ1v) is 11.6. The van der Waals surface area contributed by atoms with Crippen LogP contribution in [0.3, 0.4) is 0 Å². The van der Waals surface area contributed by atoms with Gasteiger partial charge in [0, 0.05) is 11.6 Å². The molecule has 0 fully saturated rings. The Hall–Kier alpha value is -3.59. The van der Waals surface area contributed by atoms with E-state index in [1.54, 1.807) is 6.07 Å². The van der Waals surface area contributed by atoms with Crippen LogP contribution >= 0.6 is 0 Å². The van der Waals surface area contributed by atoms with E-state index in [0.29, 0.717) is 23.4 Å². The van der Waals surface area contributed by atoms with Crippen molar-refractivity contribution >= 4 is 52.7 Å². The minimum atomic E-state index is -0.209. The molecule has 7 nitrogen and oxygen atoms in total. The van der Waals surface area contributed by atoms with Crippen molar-refractivity contribution in [2.45, 2.75) is 19.3 Å². The zero-order valence-electron chi connectivity index (χ0n) is 19.4. The van der Waals surface area contributed by atoms with Crippen molar-refractivity contribution in [1.29, 1.82) is 0 Å². The van der Waals surface area contributed by atoms with Crippen LogP contribution in [0.25, 0.3) is 34.7 Å². The molecule has 0 aliphatic rings. The maximum absolute atomic E-state index is 13.0. The number of aromatic nitrogens is 4. The normalized spacial score (nSPS) is 11.1. The van der Waals surface area contributed by atoms with E-state index in [1.807, 2.05) is 60.7 Å². The van der Waals surface area contributed by atoms with Gasteiger partial charge in [-0.15, -0.1) is 5.10 Å². The Morgan fingerprint density at radius 2 is 1.78 bits per heavy atom. The average Bonchev–Trinajstić information content (AvgIpc) is 3.44. The molecule has 0 aliphatic heterocycles. The van der Waals surface area contributed by atoms with Gasteiger partial charge in [0.15, 0.2) is 11.2 Å². The van der Waals surface area contributed by atoms with Gasteiger partial charge in [0.25, 0.3) is 0 Å². The Labute approximate surface area is 234 Å². The summed E-state index contributed by atoms with van der Waals surface area (Å²) < 4.78 is 24.8. The second-order valence-corrected chi connectivity index (χ2v) is 8.28. The third kappa shape index (κ3) is 6.80. The Kier molecular flexibility index (Phi) is 9.00. The SMILES string of the molecule is O=c1cc(-c2nnn[nH]2)oc2c(/C=C/c3ccc(OCCCCc4ccc(F)cc4)cc3)cccc12.[NaH]. The molecule has 9 heteroatoms. The van der Waals surface area contributed by atoms with Crippen LogP contribution in [-0.4, -0.2) is 56.8 Å². The van der Waals surface area contributed by atoms with Crippen molar-refractivity contribution in [3.05, 3.63) is 106 Å². The number of halogens is 1. The Balaban J connectivity index is 0.00000320. The fourth-order valence-electron chi connectivity index (χ4n) is 3.84. The molecule has 0 saturated heterocycles. The Morgan fingerprint density at radius 3 is 2.54 bits per heavy atom. The number of nitrogens with zero attached hydrogens (tertiary/aromatic N) is 3. The molecule has 0 atom stereocenters. The van der Waals surface area contributed by atoms with Gasteiger partial charge in [-0.1, -0.05) is 48.6 Å². The van der Waals surface area contributed by atoms with E-state index in [2.05, 4.69) is 20.6 Å². The molecule has 0 radical (unpaired) electrons. The van der Waals surface area contributed by atoms with E-state index < -0.39 is 0 Å². The van der Waals surface area contributed by atoms with Crippen LogP contribution in [-0.2, 0) is 6.42 Å². The molecule has 0 aliphatic carbocycles. The zero-order valence-corrected chi connectivity index (χ0v) is 19.4. The van der Waals surface area contributed by atoms with Gasteiger partial charge in [-0.05, 0) is 71.1 Å². The van der Waals surface area contributed by atoms with E-state index in [4.69, 9.17) is 9.15 Å². The van der Waals surface area contributed by atoms with Gasteiger partial charge >= 0.3 is 29.6 Å². The number of H-pyrrole nitrogens is 1. The van der Waals surface area contributed by atoms with Crippen LogP contribution < -0.4 is 10.2 Å². The van der Waals surface area contributed by atoms with Crippen LogP contribution in [0.2, 0.25) is 0 Å². The van der Waals surface area contributed by atoms with Crippen molar-refractivity contribution in [3.8, 4) is 17.3 Å². The average molecular weight is 507 g/mol. The zero-order chi connectivity index (χ0) is 24.7. The van der Waals surface area contributed by atoms with Crippen LogP contribution in [0, 0.1) is 5.82 Å². The number of aromatic amines is 1. The van der Waals surface area contributed by atoms with Crippen LogP contribution in [0.4, 0.5) is 4.39 Å². The summed E-state index contributed by atoms with van der Waals surface area (Å²) in [7, 11) is 0. The molecule has 0 amide bonds. The number of hydrogen-bond donors (Lipinski definition) is 1. The molecule has 0 unspecified atom stereocenters. The predicted octanol–water partition coefficient (Wildman–Crippen LogP) is 5.04. The number of hydrogen-bond acceptors (Lipinski definition) is 6. The molecule has 5 rings (SSSR count). The molecular formula is C28H24FN4NaO3. The molecule has 2 aromatic heterocycles. The summed E-state index contributed by atoms with van der Waals surface area (Å²) >= 11 is 0. The second kappa shape index (κ2) is 12.6. The third-order valence-electron chi connectivity index (χ3n) is 5.74. The molecule has 0 spiro atoms. The summed E-state index contributed by atoms with van der Waals surface area (Å²) in [4.78, 5) is 12.6. The van der Waals surface area contributed by atoms with E-state index in [-0.39, 0.29) is 46.6 Å². The van der Waals surface area contributed by atoms with Crippen molar-refractivity contribution < 1.29 is 13.5 Å². The number of para-hydroxylation sites is 1. The predicted molar refractivity (Wildman–Crippen MR) is 143 cm³/mol. The van der Waals surface area contributed by atoms with Crippen molar-refractivity contribution in [2.24, 2.45) is 0 Å². The van der Waals surface area contributed by atoms with Gasteiger partial charge in [-0.2, -0.15) is 0 Å². The van der Waals surface area contributed by atoms with E-state index in [9.17, 15) is 9.18 Å². The monoisotopic (exact) mass is 506 g/mol. The second-order valence-electron chi connectivity index (χ2n) is 8.28. The maximum atomic E-state index is 13.0. The van der Waals surface area contributed by atoms with E-state index in [1.165, 1.54) is 18.2 Å². The molecule has 182 valence electrons. The number of benzene rings is 3. The quantitative estimate of drug-likeness (QED) is 0.171. The molecule has 5 aromatic rings. The van der Waals surface area contributed by atoms with E-state index in [0.717, 1.165) is 41.7 Å². The number of tetrazole rings is 1. The molecule has 3 aromatic carbocycles. The third-order valence-corrected chi connectivity index (χ3v) is 5.74. The molecule has 0 bridgehead atoms. The number of nitrogens with one attached hydrogen (secondary N) is 1. The number of fused-ring (bicyclic) bond motifs is 1. The Bertz CT molecular complexity index is 1530. The van der Waals surface area contributed by atoms with Crippen LogP contribution in [0.5, 0.6) is 5.75 Å². The number of ether oxygens (including phenoxy) is 1. The summed E-state index contributed by atoms with van der Waals surface area (Å²) in [5, 5.41) is 14.0. The standard InChI is InChI=1S/C28H23FN4O3.Na.H/c29-22-13-8-19(9-14-22)4-1-2-17-35-23-15-10-20(11-16-23)7-12-21-5-3-6-24-25(34)18-26(36-27(21)24)28-30-32-33-31-28;;/h3,5-16,18H,1-2,4,17H2,(H,30,31,32,33);;/b12-7+;;. The first-order valence-electron chi connectivity index (χ1n) is 11.6. The molecular weight excluding hydrogens is 482 g/mol. The summed E-state index contributed by atoms with van der Waals surface area (Å²) in [5.74, 6) is 1.16. The van der Waals surface area contributed by atoms with Gasteiger partial charge in [0.2, 0.25) is 5.82 Å². The Morgan fingerprint density at radius 1 is 0.973 bits per heavy atom. The molecule has 0 saturated carbocycles. The summed E-state index contributed by atoms with van der Waals surface area (Å²) in [6.07, 6.45) is 6.64. The van der Waals surface area contributed by atoms with Gasteiger partial charge in [0.1, 0.15) is 17.1 Å². The fraction of sp³-hybridized carbons (Fsp3) is 0.143. The first kappa shape index (κ1) is 26.5. The van der Waals surface area contributed by atoms with Crippen LogP contribution in [0.15, 0.2) is 82.0 Å². The molecule has 37 heavy (non-hydrogen) atoms. The van der Waals surface area contributed by atoms with Gasteiger partial charge < -0.3 is 9.15 Å². The van der Waals surface area contributed by atoms with Crippen molar-refractivity contribution in [1.82, 2.24) is 20.6 Å². The number of unbranched alkanes of at least 4 members (excludes halogenated alkanes) is 1. The first-order chi connectivity index (χ1) is 17.7.